The Bertz CT molecular complexity index is 912. The number of rotatable bonds is 11. The quantitative estimate of drug-likeness (QED) is 0.461. The molecule has 0 fully saturated rings. The maximum atomic E-state index is 13.3. The van der Waals surface area contributed by atoms with Crippen molar-refractivity contribution in [2.24, 2.45) is 5.92 Å². The van der Waals surface area contributed by atoms with Crippen molar-refractivity contribution in [3.05, 3.63) is 58.6 Å². The van der Waals surface area contributed by atoms with Crippen LogP contribution in [0.5, 0.6) is 0 Å². The average Bonchev–Trinajstić information content (AvgIpc) is 2.73. The molecular formula is C23H31BrN2O3S. The largest absolute Gasteiger partial charge is 0.354 e. The molecule has 2 aromatic rings. The summed E-state index contributed by atoms with van der Waals surface area (Å²) >= 11 is 3.37. The summed E-state index contributed by atoms with van der Waals surface area (Å²) < 4.78 is 28.7. The Labute approximate surface area is 189 Å². The van der Waals surface area contributed by atoms with Gasteiger partial charge in [-0.25, -0.2) is 8.42 Å². The molecule has 30 heavy (non-hydrogen) atoms. The second-order valence-corrected chi connectivity index (χ2v) is 10.3. The summed E-state index contributed by atoms with van der Waals surface area (Å²) in [6, 6.07) is 13.6. The van der Waals surface area contributed by atoms with Crippen LogP contribution in [0.4, 0.5) is 5.69 Å². The van der Waals surface area contributed by atoms with Crippen LogP contribution in [-0.2, 0) is 14.8 Å². The van der Waals surface area contributed by atoms with Crippen molar-refractivity contribution in [2.75, 3.05) is 17.4 Å². The molecule has 5 nitrogen and oxygen atoms in total. The number of aryl methyl sites for hydroxylation is 1. The van der Waals surface area contributed by atoms with Crippen molar-refractivity contribution in [1.82, 2.24) is 5.32 Å². The number of nitrogens with one attached hydrogen (secondary N) is 1. The number of carbonyl (C=O) groups excluding carboxylic acids is 1. The van der Waals surface area contributed by atoms with Crippen LogP contribution in [0.3, 0.4) is 0 Å². The van der Waals surface area contributed by atoms with Gasteiger partial charge in [0.25, 0.3) is 10.0 Å². The normalized spacial score (nSPS) is 12.4. The molecule has 164 valence electrons. The fourth-order valence-corrected chi connectivity index (χ4v) is 4.83. The van der Waals surface area contributed by atoms with Crippen molar-refractivity contribution >= 4 is 37.5 Å². The summed E-state index contributed by atoms with van der Waals surface area (Å²) in [4.78, 5) is 12.9. The Balaban J connectivity index is 2.23. The number of hydrogen-bond donors (Lipinski definition) is 1. The number of halogens is 1. The van der Waals surface area contributed by atoms with Gasteiger partial charge in [-0.1, -0.05) is 66.7 Å². The molecule has 0 bridgehead atoms. The molecule has 0 aliphatic rings. The number of benzene rings is 2. The topological polar surface area (TPSA) is 66.5 Å². The first-order valence-electron chi connectivity index (χ1n) is 10.4. The van der Waals surface area contributed by atoms with Gasteiger partial charge in [0.05, 0.1) is 10.6 Å². The van der Waals surface area contributed by atoms with Gasteiger partial charge in [-0.05, 0) is 55.7 Å². The number of carbonyl (C=O) groups is 1. The molecule has 0 aromatic heterocycles. The fraction of sp³-hybridized carbons (Fsp3) is 0.435. The van der Waals surface area contributed by atoms with Crippen LogP contribution in [0.25, 0.3) is 0 Å². The number of hydrogen-bond acceptors (Lipinski definition) is 3. The van der Waals surface area contributed by atoms with Crippen molar-refractivity contribution < 1.29 is 13.2 Å². The van der Waals surface area contributed by atoms with Gasteiger partial charge in [0.2, 0.25) is 5.91 Å². The molecule has 1 N–H and O–H groups in total. The second-order valence-electron chi connectivity index (χ2n) is 7.52. The Morgan fingerprint density at radius 2 is 1.70 bits per heavy atom. The molecule has 0 saturated carbocycles. The van der Waals surface area contributed by atoms with E-state index in [0.29, 0.717) is 18.2 Å². The van der Waals surface area contributed by atoms with E-state index in [1.165, 1.54) is 4.31 Å². The van der Waals surface area contributed by atoms with Crippen LogP contribution in [0.15, 0.2) is 57.9 Å². The minimum Gasteiger partial charge on any atom is -0.354 e. The summed E-state index contributed by atoms with van der Waals surface area (Å²) in [6.07, 6.45) is 4.29. The summed E-state index contributed by atoms with van der Waals surface area (Å²) in [5, 5.41) is 2.93. The highest BCUT2D eigenvalue weighted by molar-refractivity contribution is 9.10. The maximum Gasteiger partial charge on any atom is 0.264 e. The lowest BCUT2D eigenvalue weighted by molar-refractivity contribution is -0.119. The maximum absolute atomic E-state index is 13.3. The zero-order valence-corrected chi connectivity index (χ0v) is 20.3. The smallest absolute Gasteiger partial charge is 0.264 e. The van der Waals surface area contributed by atoms with Crippen LogP contribution in [-0.4, -0.2) is 27.4 Å². The van der Waals surface area contributed by atoms with Crippen molar-refractivity contribution in [3.8, 4) is 0 Å². The molecule has 0 heterocycles. The highest BCUT2D eigenvalue weighted by Gasteiger charge is 2.27. The van der Waals surface area contributed by atoms with Gasteiger partial charge >= 0.3 is 0 Å². The van der Waals surface area contributed by atoms with E-state index in [-0.39, 0.29) is 17.3 Å². The van der Waals surface area contributed by atoms with Crippen molar-refractivity contribution in [2.45, 2.75) is 51.3 Å². The Kier molecular flexibility index (Phi) is 9.37. The third-order valence-corrected chi connectivity index (χ3v) is 7.46. The Morgan fingerprint density at radius 3 is 2.27 bits per heavy atom. The molecule has 0 spiro atoms. The van der Waals surface area contributed by atoms with Crippen molar-refractivity contribution in [3.63, 3.8) is 0 Å². The molecule has 2 aromatic carbocycles. The number of sulfonamides is 1. The first-order chi connectivity index (χ1) is 14.3. The Morgan fingerprint density at radius 1 is 1.07 bits per heavy atom. The number of unbranched alkanes of at least 4 members (excludes halogenated alkanes) is 1. The first kappa shape index (κ1) is 24.4. The minimum absolute atomic E-state index is 0.165. The predicted molar refractivity (Wildman–Crippen MR) is 126 cm³/mol. The predicted octanol–water partition coefficient (Wildman–Crippen LogP) is 5.29. The van der Waals surface area contributed by atoms with E-state index in [2.05, 4.69) is 35.1 Å². The summed E-state index contributed by atoms with van der Waals surface area (Å²) in [6.45, 7) is 6.47. The van der Waals surface area contributed by atoms with E-state index >= 15 is 0 Å². The number of amides is 1. The van der Waals surface area contributed by atoms with Crippen LogP contribution < -0.4 is 9.62 Å². The highest BCUT2D eigenvalue weighted by atomic mass is 79.9. The molecule has 1 amide bonds. The first-order valence-corrected chi connectivity index (χ1v) is 12.6. The van der Waals surface area contributed by atoms with E-state index in [1.807, 2.05) is 6.92 Å². The third-order valence-electron chi connectivity index (χ3n) is 5.14. The van der Waals surface area contributed by atoms with Gasteiger partial charge in [-0.15, -0.1) is 0 Å². The summed E-state index contributed by atoms with van der Waals surface area (Å²) in [7, 11) is -3.88. The van der Waals surface area contributed by atoms with Crippen LogP contribution in [0.2, 0.25) is 0 Å². The molecule has 2 rings (SSSR count). The molecule has 7 heteroatoms. The van der Waals surface area contributed by atoms with Gasteiger partial charge in [-0.3, -0.25) is 9.10 Å². The van der Waals surface area contributed by atoms with E-state index in [9.17, 15) is 13.2 Å². The monoisotopic (exact) mass is 494 g/mol. The van der Waals surface area contributed by atoms with Crippen LogP contribution in [0.1, 0.15) is 45.1 Å². The zero-order valence-electron chi connectivity index (χ0n) is 17.9. The van der Waals surface area contributed by atoms with Gasteiger partial charge in [-0.2, -0.15) is 0 Å². The standard InChI is InChI=1S/C23H31BrN2O3S/c1-4-6-7-19(5-2)16-25-23(27)17-26(21-12-10-20(24)11-13-21)30(28,29)22-14-8-18(3)9-15-22/h8-15,19H,4-7,16-17H2,1-3H3,(H,25,27)/t19-/m0/s1. The fourth-order valence-electron chi connectivity index (χ4n) is 3.15. The lowest BCUT2D eigenvalue weighted by Gasteiger charge is -2.25. The molecule has 0 aliphatic carbocycles. The second kappa shape index (κ2) is 11.5. The molecule has 0 aliphatic heterocycles. The van der Waals surface area contributed by atoms with Gasteiger partial charge in [0.15, 0.2) is 0 Å². The van der Waals surface area contributed by atoms with E-state index in [0.717, 1.165) is 35.7 Å². The van der Waals surface area contributed by atoms with Crippen molar-refractivity contribution in [1.29, 1.82) is 0 Å². The van der Waals surface area contributed by atoms with Gasteiger partial charge in [0, 0.05) is 11.0 Å². The van der Waals surface area contributed by atoms with Gasteiger partial charge in [0.1, 0.15) is 6.54 Å². The SMILES string of the molecule is CCCC[C@H](CC)CNC(=O)CN(c1ccc(Br)cc1)S(=O)(=O)c1ccc(C)cc1. The minimum atomic E-state index is -3.88. The van der Waals surface area contributed by atoms with Gasteiger partial charge < -0.3 is 5.32 Å². The summed E-state index contributed by atoms with van der Waals surface area (Å²) in [5.74, 6) is 0.104. The number of nitrogens with zero attached hydrogens (tertiary/aromatic N) is 1. The molecular weight excluding hydrogens is 464 g/mol. The van der Waals surface area contributed by atoms with Crippen LogP contribution in [0, 0.1) is 12.8 Å². The van der Waals surface area contributed by atoms with E-state index in [1.54, 1.807) is 48.5 Å². The highest BCUT2D eigenvalue weighted by Crippen LogP contribution is 2.25. The van der Waals surface area contributed by atoms with E-state index < -0.39 is 10.0 Å². The number of anilines is 1. The lowest BCUT2D eigenvalue weighted by Crippen LogP contribution is -2.42. The molecule has 1 atom stereocenters. The van der Waals surface area contributed by atoms with E-state index in [4.69, 9.17) is 0 Å². The zero-order chi connectivity index (χ0) is 22.1. The third kappa shape index (κ3) is 6.84. The lowest BCUT2D eigenvalue weighted by atomic mass is 9.99. The summed E-state index contributed by atoms with van der Waals surface area (Å²) in [5.41, 5.74) is 1.42. The average molecular weight is 495 g/mol. The molecule has 0 radical (unpaired) electrons. The molecule has 0 unspecified atom stereocenters. The Hall–Kier alpha value is -1.86. The molecule has 0 saturated heterocycles. The van der Waals surface area contributed by atoms with Crippen LogP contribution >= 0.6 is 15.9 Å².